The fraction of sp³-hybridized carbons (Fsp3) is 0.316. The molecular weight excluding hydrogens is 290 g/mol. The van der Waals surface area contributed by atoms with Crippen molar-refractivity contribution < 1.29 is 4.79 Å². The van der Waals surface area contributed by atoms with Crippen molar-refractivity contribution >= 4 is 23.4 Å². The molecule has 0 saturated heterocycles. The van der Waals surface area contributed by atoms with Crippen molar-refractivity contribution in [3.8, 4) is 0 Å². The molecule has 0 radical (unpaired) electrons. The maximum Gasteiger partial charge on any atom is 0.227 e. The number of hydrogen-bond donors (Lipinski definition) is 1. The lowest BCUT2D eigenvalue weighted by molar-refractivity contribution is -0.119. The fourth-order valence-corrected chi connectivity index (χ4v) is 3.82. The van der Waals surface area contributed by atoms with Gasteiger partial charge in [0.25, 0.3) is 0 Å². The second-order valence-corrected chi connectivity index (χ2v) is 6.76. The van der Waals surface area contributed by atoms with Crippen LogP contribution >= 0.6 is 11.8 Å². The molecule has 0 atom stereocenters. The highest BCUT2D eigenvalue weighted by Gasteiger charge is 2.23. The lowest BCUT2D eigenvalue weighted by Crippen LogP contribution is -2.20. The summed E-state index contributed by atoms with van der Waals surface area (Å²) in [5.41, 5.74) is 2.24. The van der Waals surface area contributed by atoms with Gasteiger partial charge in [0.15, 0.2) is 0 Å². The van der Waals surface area contributed by atoms with Crippen molar-refractivity contribution in [1.82, 2.24) is 0 Å². The van der Waals surface area contributed by atoms with E-state index in [9.17, 15) is 4.79 Å². The Balaban J connectivity index is 1.65. The third-order valence-corrected chi connectivity index (χ3v) is 5.25. The third-order valence-electron chi connectivity index (χ3n) is 4.11. The summed E-state index contributed by atoms with van der Waals surface area (Å²) in [5.74, 6) is 1.30. The normalized spacial score (nSPS) is 14.9. The summed E-state index contributed by atoms with van der Waals surface area (Å²) in [6.07, 6.45) is 4.43. The zero-order valence-corrected chi connectivity index (χ0v) is 13.4. The van der Waals surface area contributed by atoms with Crippen LogP contribution in [0.1, 0.15) is 31.2 Å². The number of hydrogen-bond acceptors (Lipinski definition) is 2. The number of amides is 1. The van der Waals surface area contributed by atoms with Crippen LogP contribution in [0.25, 0.3) is 0 Å². The monoisotopic (exact) mass is 311 g/mol. The zero-order valence-electron chi connectivity index (χ0n) is 12.6. The molecule has 3 heteroatoms. The average Bonchev–Trinajstić information content (AvgIpc) is 3.10. The van der Waals surface area contributed by atoms with Gasteiger partial charge in [0.1, 0.15) is 0 Å². The zero-order chi connectivity index (χ0) is 15.2. The van der Waals surface area contributed by atoms with Crippen molar-refractivity contribution in [3.63, 3.8) is 0 Å². The van der Waals surface area contributed by atoms with Crippen LogP contribution in [0.2, 0.25) is 0 Å². The number of rotatable bonds is 5. The lowest BCUT2D eigenvalue weighted by Gasteiger charge is -2.13. The second-order valence-electron chi connectivity index (χ2n) is 5.74. The molecule has 1 fully saturated rings. The van der Waals surface area contributed by atoms with Gasteiger partial charge in [0, 0.05) is 16.6 Å². The van der Waals surface area contributed by atoms with E-state index in [1.807, 2.05) is 24.3 Å². The first-order valence-corrected chi connectivity index (χ1v) is 8.88. The van der Waals surface area contributed by atoms with Gasteiger partial charge < -0.3 is 5.32 Å². The molecule has 114 valence electrons. The van der Waals surface area contributed by atoms with E-state index in [-0.39, 0.29) is 11.8 Å². The Bertz CT molecular complexity index is 620. The molecular formula is C19H21NOS. The smallest absolute Gasteiger partial charge is 0.227 e. The van der Waals surface area contributed by atoms with Gasteiger partial charge in [-0.2, -0.15) is 0 Å². The van der Waals surface area contributed by atoms with E-state index < -0.39 is 0 Å². The molecule has 2 aromatic carbocycles. The molecule has 0 unspecified atom stereocenters. The molecule has 2 aromatic rings. The Kier molecular flexibility index (Phi) is 5.17. The van der Waals surface area contributed by atoms with Crippen LogP contribution in [-0.2, 0) is 10.5 Å². The van der Waals surface area contributed by atoms with Gasteiger partial charge in [0.2, 0.25) is 5.91 Å². The molecule has 1 aliphatic rings. The minimum absolute atomic E-state index is 0.185. The Morgan fingerprint density at radius 2 is 1.68 bits per heavy atom. The molecule has 1 N–H and O–H groups in total. The Morgan fingerprint density at radius 1 is 1.00 bits per heavy atom. The first-order valence-electron chi connectivity index (χ1n) is 7.89. The molecule has 1 amide bonds. The maximum absolute atomic E-state index is 12.3. The Labute approximate surface area is 136 Å². The van der Waals surface area contributed by atoms with Gasteiger partial charge in [-0.05, 0) is 30.5 Å². The van der Waals surface area contributed by atoms with Crippen molar-refractivity contribution in [3.05, 3.63) is 60.2 Å². The van der Waals surface area contributed by atoms with Crippen molar-refractivity contribution in [1.29, 1.82) is 0 Å². The van der Waals surface area contributed by atoms with Crippen LogP contribution in [0.15, 0.2) is 59.5 Å². The molecule has 22 heavy (non-hydrogen) atoms. The molecule has 2 nitrogen and oxygen atoms in total. The number of benzene rings is 2. The predicted molar refractivity (Wildman–Crippen MR) is 93.0 cm³/mol. The summed E-state index contributed by atoms with van der Waals surface area (Å²) in [4.78, 5) is 13.5. The minimum atomic E-state index is 0.185. The van der Waals surface area contributed by atoms with Gasteiger partial charge in [0.05, 0.1) is 5.69 Å². The highest BCUT2D eigenvalue weighted by molar-refractivity contribution is 7.98. The number of para-hydroxylation sites is 1. The van der Waals surface area contributed by atoms with E-state index in [0.717, 1.165) is 29.2 Å². The standard InChI is InChI=1S/C19H21NOS/c21-19(16-10-4-5-11-16)20-17-12-6-7-13-18(17)22-14-15-8-2-1-3-9-15/h1-3,6-9,12-13,16H,4-5,10-11,14H2,(H,20,21). The highest BCUT2D eigenvalue weighted by atomic mass is 32.2. The van der Waals surface area contributed by atoms with E-state index in [4.69, 9.17) is 0 Å². The van der Waals surface area contributed by atoms with E-state index in [0.29, 0.717) is 0 Å². The second kappa shape index (κ2) is 7.50. The number of thioether (sulfide) groups is 1. The Hall–Kier alpha value is -1.74. The molecule has 0 spiro atoms. The first kappa shape index (κ1) is 15.2. The summed E-state index contributed by atoms with van der Waals surface area (Å²) in [5, 5.41) is 3.13. The minimum Gasteiger partial charge on any atom is -0.325 e. The van der Waals surface area contributed by atoms with E-state index >= 15 is 0 Å². The topological polar surface area (TPSA) is 29.1 Å². The summed E-state index contributed by atoms with van der Waals surface area (Å²) in [7, 11) is 0. The molecule has 0 bridgehead atoms. The molecule has 0 aromatic heterocycles. The van der Waals surface area contributed by atoms with Crippen LogP contribution in [0.5, 0.6) is 0 Å². The number of carbonyl (C=O) groups is 1. The summed E-state index contributed by atoms with van der Waals surface area (Å²) < 4.78 is 0. The van der Waals surface area contributed by atoms with Crippen molar-refractivity contribution in [2.75, 3.05) is 5.32 Å². The van der Waals surface area contributed by atoms with Gasteiger partial charge in [-0.25, -0.2) is 0 Å². The molecule has 1 aliphatic carbocycles. The van der Waals surface area contributed by atoms with Gasteiger partial charge in [-0.15, -0.1) is 11.8 Å². The average molecular weight is 311 g/mol. The number of nitrogens with one attached hydrogen (secondary N) is 1. The van der Waals surface area contributed by atoms with Gasteiger partial charge >= 0.3 is 0 Å². The van der Waals surface area contributed by atoms with Crippen LogP contribution < -0.4 is 5.32 Å². The molecule has 3 rings (SSSR count). The first-order chi connectivity index (χ1) is 10.8. The summed E-state index contributed by atoms with van der Waals surface area (Å²) in [6.45, 7) is 0. The largest absolute Gasteiger partial charge is 0.325 e. The van der Waals surface area contributed by atoms with E-state index in [2.05, 4.69) is 35.6 Å². The van der Waals surface area contributed by atoms with Crippen LogP contribution in [0, 0.1) is 5.92 Å². The molecule has 1 saturated carbocycles. The summed E-state index contributed by atoms with van der Waals surface area (Å²) >= 11 is 1.77. The Morgan fingerprint density at radius 3 is 2.45 bits per heavy atom. The third kappa shape index (κ3) is 3.92. The van der Waals surface area contributed by atoms with Crippen LogP contribution in [-0.4, -0.2) is 5.91 Å². The quantitative estimate of drug-likeness (QED) is 0.778. The lowest BCUT2D eigenvalue weighted by atomic mass is 10.1. The molecule has 0 heterocycles. The van der Waals surface area contributed by atoms with Gasteiger partial charge in [-0.3, -0.25) is 4.79 Å². The maximum atomic E-state index is 12.3. The summed E-state index contributed by atoms with van der Waals surface area (Å²) in [6, 6.07) is 18.5. The van der Waals surface area contributed by atoms with Crippen molar-refractivity contribution in [2.45, 2.75) is 36.3 Å². The SMILES string of the molecule is O=C(Nc1ccccc1SCc1ccccc1)C1CCCC1. The predicted octanol–water partition coefficient (Wildman–Crippen LogP) is 5.11. The van der Waals surface area contributed by atoms with Crippen molar-refractivity contribution in [2.24, 2.45) is 5.92 Å². The molecule has 0 aliphatic heterocycles. The highest BCUT2D eigenvalue weighted by Crippen LogP contribution is 2.31. The van der Waals surface area contributed by atoms with Gasteiger partial charge in [-0.1, -0.05) is 55.3 Å². The van der Waals surface area contributed by atoms with E-state index in [1.165, 1.54) is 18.4 Å². The number of carbonyl (C=O) groups excluding carboxylic acids is 1. The number of anilines is 1. The van der Waals surface area contributed by atoms with Crippen LogP contribution in [0.3, 0.4) is 0 Å². The fourth-order valence-electron chi connectivity index (χ4n) is 2.85. The van der Waals surface area contributed by atoms with Crippen LogP contribution in [0.4, 0.5) is 5.69 Å². The van der Waals surface area contributed by atoms with E-state index in [1.54, 1.807) is 11.8 Å².